The van der Waals surface area contributed by atoms with Crippen LogP contribution in [0.1, 0.15) is 27.7 Å². The summed E-state index contributed by atoms with van der Waals surface area (Å²) in [6.07, 6.45) is 0. The maximum atomic E-state index is 13.2. The minimum absolute atomic E-state index is 0.503. The molecule has 0 aromatic carbocycles. The van der Waals surface area contributed by atoms with Crippen LogP contribution in [-0.2, 0) is 4.57 Å². The summed E-state index contributed by atoms with van der Waals surface area (Å²) in [7, 11) is -3.88. The van der Waals surface area contributed by atoms with Gasteiger partial charge in [0.25, 0.3) is 0 Å². The molecule has 0 saturated heterocycles. The number of rotatable bonds is 5. The molecule has 1 unspecified atom stereocenters. The molecule has 0 aliphatic heterocycles. The normalized spacial score (nSPS) is 14.1. The van der Waals surface area contributed by atoms with Crippen molar-refractivity contribution in [2.24, 2.45) is 4.76 Å². The summed E-state index contributed by atoms with van der Waals surface area (Å²) in [5, 5.41) is 0. The summed E-state index contributed by atoms with van der Waals surface area (Å²) in [6.45, 7) is 11.8. The van der Waals surface area contributed by atoms with Crippen LogP contribution in [-0.4, -0.2) is 48.6 Å². The van der Waals surface area contributed by atoms with Gasteiger partial charge in [-0.15, -0.1) is 0 Å². The standard InChI is InChI=1S/C10H23FN3OP/c1-6-13(7-2)10(12-16(5,11)15)14(8-3)9-4/h6-9H2,1-5H3. The SMILES string of the molecule is CCN(CC)C(=NP(C)(=O)F)N(CC)CC. The van der Waals surface area contributed by atoms with Gasteiger partial charge in [0, 0.05) is 32.8 Å². The number of halogens is 1. The average molecular weight is 251 g/mol. The maximum absolute atomic E-state index is 13.2. The van der Waals surface area contributed by atoms with E-state index in [0.29, 0.717) is 5.96 Å². The van der Waals surface area contributed by atoms with Crippen LogP contribution in [0.3, 0.4) is 0 Å². The van der Waals surface area contributed by atoms with Gasteiger partial charge >= 0.3 is 7.60 Å². The van der Waals surface area contributed by atoms with Crippen molar-refractivity contribution >= 4 is 13.6 Å². The molecule has 0 bridgehead atoms. The number of hydrogen-bond acceptors (Lipinski definition) is 1. The van der Waals surface area contributed by atoms with Crippen molar-refractivity contribution in [2.45, 2.75) is 27.7 Å². The van der Waals surface area contributed by atoms with Crippen molar-refractivity contribution in [3.63, 3.8) is 0 Å². The van der Waals surface area contributed by atoms with Crippen LogP contribution in [0.15, 0.2) is 4.76 Å². The van der Waals surface area contributed by atoms with Crippen molar-refractivity contribution in [3.8, 4) is 0 Å². The Kier molecular flexibility index (Phi) is 6.65. The first-order chi connectivity index (χ1) is 7.39. The average Bonchev–Trinajstić information content (AvgIpc) is 2.19. The molecule has 0 saturated carbocycles. The van der Waals surface area contributed by atoms with Gasteiger partial charge in [-0.2, -0.15) is 8.96 Å². The van der Waals surface area contributed by atoms with Gasteiger partial charge in [0.05, 0.1) is 0 Å². The highest BCUT2D eigenvalue weighted by molar-refractivity contribution is 7.56. The van der Waals surface area contributed by atoms with E-state index in [2.05, 4.69) is 4.76 Å². The lowest BCUT2D eigenvalue weighted by Crippen LogP contribution is -2.44. The second-order valence-corrected chi connectivity index (χ2v) is 5.28. The van der Waals surface area contributed by atoms with E-state index in [9.17, 15) is 8.76 Å². The minimum atomic E-state index is -3.88. The molecule has 0 spiro atoms. The zero-order valence-corrected chi connectivity index (χ0v) is 11.8. The lowest BCUT2D eigenvalue weighted by molar-refractivity contribution is 0.351. The van der Waals surface area contributed by atoms with Gasteiger partial charge < -0.3 is 9.80 Å². The molecule has 0 fully saturated rings. The van der Waals surface area contributed by atoms with Gasteiger partial charge in [-0.1, -0.05) is 0 Å². The Labute approximate surface area is 98.1 Å². The molecule has 0 heterocycles. The Morgan fingerprint density at radius 2 is 1.38 bits per heavy atom. The zero-order valence-electron chi connectivity index (χ0n) is 10.9. The molecule has 1 atom stereocenters. The zero-order chi connectivity index (χ0) is 12.8. The summed E-state index contributed by atoms with van der Waals surface area (Å²) >= 11 is 0. The second-order valence-electron chi connectivity index (χ2n) is 3.52. The molecule has 96 valence electrons. The smallest absolute Gasteiger partial charge is 0.343 e. The summed E-state index contributed by atoms with van der Waals surface area (Å²) in [6, 6.07) is 0. The van der Waals surface area contributed by atoms with Gasteiger partial charge in [0.15, 0.2) is 0 Å². The summed E-state index contributed by atoms with van der Waals surface area (Å²) in [5.74, 6) is 0.503. The van der Waals surface area contributed by atoms with Crippen LogP contribution < -0.4 is 0 Å². The van der Waals surface area contributed by atoms with Gasteiger partial charge in [0.1, 0.15) is 0 Å². The molecule has 0 aromatic heterocycles. The van der Waals surface area contributed by atoms with Crippen LogP contribution in [0.2, 0.25) is 0 Å². The first kappa shape index (κ1) is 15.4. The largest absolute Gasteiger partial charge is 0.351 e. The topological polar surface area (TPSA) is 35.9 Å². The quantitative estimate of drug-likeness (QED) is 0.428. The predicted octanol–water partition coefficient (Wildman–Crippen LogP) is 2.82. The highest BCUT2D eigenvalue weighted by Crippen LogP contribution is 2.44. The Bertz CT molecular complexity index is 255. The van der Waals surface area contributed by atoms with E-state index in [0.717, 1.165) is 32.8 Å². The van der Waals surface area contributed by atoms with E-state index in [1.54, 1.807) is 0 Å². The molecule has 0 N–H and O–H groups in total. The van der Waals surface area contributed by atoms with E-state index in [4.69, 9.17) is 0 Å². The van der Waals surface area contributed by atoms with Gasteiger partial charge in [-0.3, -0.25) is 4.57 Å². The summed E-state index contributed by atoms with van der Waals surface area (Å²) in [4.78, 5) is 3.84. The first-order valence-electron chi connectivity index (χ1n) is 5.76. The third-order valence-corrected chi connectivity index (χ3v) is 2.90. The Balaban J connectivity index is 5.18. The highest BCUT2D eigenvalue weighted by Gasteiger charge is 2.19. The summed E-state index contributed by atoms with van der Waals surface area (Å²) < 4.78 is 28.2. The van der Waals surface area contributed by atoms with E-state index >= 15 is 0 Å². The third-order valence-electron chi connectivity index (χ3n) is 2.36. The lowest BCUT2D eigenvalue weighted by atomic mass is 10.4. The van der Waals surface area contributed by atoms with E-state index in [-0.39, 0.29) is 0 Å². The molecule has 6 heteroatoms. The van der Waals surface area contributed by atoms with Gasteiger partial charge in [-0.05, 0) is 27.7 Å². The van der Waals surface area contributed by atoms with Crippen molar-refractivity contribution < 1.29 is 8.76 Å². The molecule has 0 amide bonds. The van der Waals surface area contributed by atoms with Gasteiger partial charge in [0.2, 0.25) is 5.96 Å². The van der Waals surface area contributed by atoms with Crippen molar-refractivity contribution in [2.75, 3.05) is 32.8 Å². The molecule has 16 heavy (non-hydrogen) atoms. The van der Waals surface area contributed by atoms with E-state index in [1.807, 2.05) is 37.5 Å². The Morgan fingerprint density at radius 1 is 1.06 bits per heavy atom. The minimum Gasteiger partial charge on any atom is -0.343 e. The van der Waals surface area contributed by atoms with Crippen LogP contribution in [0.4, 0.5) is 4.20 Å². The van der Waals surface area contributed by atoms with Crippen LogP contribution in [0.5, 0.6) is 0 Å². The monoisotopic (exact) mass is 251 g/mol. The first-order valence-corrected chi connectivity index (χ1v) is 7.76. The Morgan fingerprint density at radius 3 is 1.56 bits per heavy atom. The highest BCUT2D eigenvalue weighted by atomic mass is 31.2. The van der Waals surface area contributed by atoms with E-state index in [1.165, 1.54) is 0 Å². The summed E-state index contributed by atoms with van der Waals surface area (Å²) in [5.41, 5.74) is 0. The van der Waals surface area contributed by atoms with Crippen LogP contribution >= 0.6 is 7.60 Å². The molecule has 0 aliphatic rings. The van der Waals surface area contributed by atoms with Crippen LogP contribution in [0.25, 0.3) is 0 Å². The predicted molar refractivity (Wildman–Crippen MR) is 67.9 cm³/mol. The van der Waals surface area contributed by atoms with Crippen molar-refractivity contribution in [1.29, 1.82) is 0 Å². The van der Waals surface area contributed by atoms with Crippen molar-refractivity contribution in [3.05, 3.63) is 0 Å². The van der Waals surface area contributed by atoms with Crippen LogP contribution in [0, 0.1) is 0 Å². The maximum Gasteiger partial charge on any atom is 0.351 e. The Hall–Kier alpha value is -0.570. The van der Waals surface area contributed by atoms with Crippen molar-refractivity contribution in [1.82, 2.24) is 9.80 Å². The molecular formula is C10H23FN3OP. The lowest BCUT2D eigenvalue weighted by Gasteiger charge is -2.31. The molecule has 0 aromatic rings. The second kappa shape index (κ2) is 6.89. The fourth-order valence-electron chi connectivity index (χ4n) is 1.50. The number of guanidine groups is 1. The molecule has 4 nitrogen and oxygen atoms in total. The number of nitrogens with zero attached hydrogens (tertiary/aromatic N) is 3. The molecule has 0 rings (SSSR count). The fraction of sp³-hybridized carbons (Fsp3) is 0.900. The van der Waals surface area contributed by atoms with Gasteiger partial charge in [-0.25, -0.2) is 0 Å². The molecular weight excluding hydrogens is 228 g/mol. The molecule has 0 aliphatic carbocycles. The number of hydrogen-bond donors (Lipinski definition) is 0. The third kappa shape index (κ3) is 4.97. The van der Waals surface area contributed by atoms with E-state index < -0.39 is 7.60 Å². The molecule has 0 radical (unpaired) electrons. The fourth-order valence-corrected chi connectivity index (χ4v) is 2.07.